The second-order valence-electron chi connectivity index (χ2n) is 4.14. The lowest BCUT2D eigenvalue weighted by Gasteiger charge is -2.14. The molecule has 0 heterocycles. The van der Waals surface area contributed by atoms with Crippen LogP contribution in [0.25, 0.3) is 0 Å². The third-order valence-electron chi connectivity index (χ3n) is 2.55. The molecule has 0 spiro atoms. The lowest BCUT2D eigenvalue weighted by Crippen LogP contribution is -2.40. The number of aliphatic carboxylic acids is 1. The molecule has 1 atom stereocenters. The molecule has 18 heavy (non-hydrogen) atoms. The Bertz CT molecular complexity index is 460. The van der Waals surface area contributed by atoms with Crippen LogP contribution < -0.4 is 5.32 Å². The molecule has 2 N–H and O–H groups in total. The number of carbonyl (C=O) groups excluding carboxylic acids is 1. The molecule has 1 rings (SSSR count). The monoisotopic (exact) mass is 313 g/mol. The molecular weight excluding hydrogens is 298 g/mol. The molecule has 98 valence electrons. The number of hydrogen-bond acceptors (Lipinski definition) is 2. The van der Waals surface area contributed by atoms with Gasteiger partial charge in [0.05, 0.1) is 5.56 Å². The molecule has 0 radical (unpaired) electrons. The number of nitrogens with one attached hydrogen (secondary N) is 1. The maximum Gasteiger partial charge on any atom is 0.326 e. The Labute approximate surface area is 115 Å². The number of carboxylic acids is 1. The zero-order chi connectivity index (χ0) is 13.7. The van der Waals surface area contributed by atoms with Crippen LogP contribution in [0.2, 0.25) is 0 Å². The lowest BCUT2D eigenvalue weighted by atomic mass is 10.1. The van der Waals surface area contributed by atoms with Gasteiger partial charge in [-0.2, -0.15) is 0 Å². The van der Waals surface area contributed by atoms with Crippen molar-refractivity contribution in [3.8, 4) is 0 Å². The van der Waals surface area contributed by atoms with Gasteiger partial charge in [-0.15, -0.1) is 0 Å². The number of hydrogen-bond donors (Lipinski definition) is 2. The first kappa shape index (κ1) is 14.7. The van der Waals surface area contributed by atoms with Gasteiger partial charge in [-0.3, -0.25) is 4.79 Å². The van der Waals surface area contributed by atoms with E-state index in [4.69, 9.17) is 5.11 Å². The summed E-state index contributed by atoms with van der Waals surface area (Å²) >= 11 is 3.31. The third kappa shape index (κ3) is 3.84. The highest BCUT2D eigenvalue weighted by molar-refractivity contribution is 9.10. The topological polar surface area (TPSA) is 66.4 Å². The van der Waals surface area contributed by atoms with Crippen molar-refractivity contribution in [3.05, 3.63) is 33.8 Å². The molecule has 0 aliphatic rings. The Morgan fingerprint density at radius 1 is 1.44 bits per heavy atom. The molecule has 4 nitrogen and oxygen atoms in total. The highest BCUT2D eigenvalue weighted by Gasteiger charge is 2.20. The highest BCUT2D eigenvalue weighted by atomic mass is 79.9. The summed E-state index contributed by atoms with van der Waals surface area (Å²) in [5.41, 5.74) is 1.48. The van der Waals surface area contributed by atoms with E-state index in [1.807, 2.05) is 26.0 Å². The fourth-order valence-electron chi connectivity index (χ4n) is 1.59. The summed E-state index contributed by atoms with van der Waals surface area (Å²) in [7, 11) is 0. The van der Waals surface area contributed by atoms with Crippen LogP contribution in [0.5, 0.6) is 0 Å². The van der Waals surface area contributed by atoms with Gasteiger partial charge in [-0.05, 0) is 47.0 Å². The van der Waals surface area contributed by atoms with Gasteiger partial charge >= 0.3 is 5.97 Å². The fourth-order valence-corrected chi connectivity index (χ4v) is 2.26. The maximum atomic E-state index is 12.0. The van der Waals surface area contributed by atoms with Crippen LogP contribution in [-0.4, -0.2) is 23.0 Å². The molecule has 0 saturated carbocycles. The second-order valence-corrected chi connectivity index (χ2v) is 4.99. The maximum absolute atomic E-state index is 12.0. The van der Waals surface area contributed by atoms with Gasteiger partial charge < -0.3 is 10.4 Å². The SMILES string of the molecule is CCC[C@@H](NC(=O)c1ccc(C)cc1Br)C(=O)O. The van der Waals surface area contributed by atoms with Crippen LogP contribution in [0, 0.1) is 6.92 Å². The van der Waals surface area contributed by atoms with Gasteiger partial charge in [-0.25, -0.2) is 4.79 Å². The number of carboxylic acid groups (broad SMARTS) is 1. The van der Waals surface area contributed by atoms with Crippen molar-refractivity contribution >= 4 is 27.8 Å². The van der Waals surface area contributed by atoms with Gasteiger partial charge in [0, 0.05) is 4.47 Å². The summed E-state index contributed by atoms with van der Waals surface area (Å²) in [5, 5.41) is 11.5. The predicted octanol–water partition coefficient (Wildman–Crippen LogP) is 2.74. The molecule has 0 unspecified atom stereocenters. The van der Waals surface area contributed by atoms with Crippen LogP contribution >= 0.6 is 15.9 Å². The molecule has 0 aliphatic heterocycles. The molecule has 1 aromatic rings. The molecular formula is C13H16BrNO3. The summed E-state index contributed by atoms with van der Waals surface area (Å²) in [5.74, 6) is -1.38. The van der Waals surface area contributed by atoms with E-state index >= 15 is 0 Å². The molecule has 5 heteroatoms. The van der Waals surface area contributed by atoms with Crippen LogP contribution in [0.3, 0.4) is 0 Å². The van der Waals surface area contributed by atoms with Gasteiger partial charge in [0.15, 0.2) is 0 Å². The minimum atomic E-state index is -1.01. The number of aryl methyl sites for hydroxylation is 1. The summed E-state index contributed by atoms with van der Waals surface area (Å²) in [6, 6.07) is 4.48. The quantitative estimate of drug-likeness (QED) is 0.878. The van der Waals surface area contributed by atoms with Gasteiger partial charge in [0.25, 0.3) is 5.91 Å². The first-order valence-electron chi connectivity index (χ1n) is 5.75. The number of rotatable bonds is 5. The number of amides is 1. The van der Waals surface area contributed by atoms with E-state index in [9.17, 15) is 9.59 Å². The van der Waals surface area contributed by atoms with Crippen LogP contribution in [0.1, 0.15) is 35.7 Å². The Hall–Kier alpha value is -1.36. The number of carbonyl (C=O) groups is 2. The van der Waals surface area contributed by atoms with Gasteiger partial charge in [-0.1, -0.05) is 19.4 Å². The lowest BCUT2D eigenvalue weighted by molar-refractivity contribution is -0.139. The fraction of sp³-hybridized carbons (Fsp3) is 0.385. The van der Waals surface area contributed by atoms with Crippen LogP contribution in [0.15, 0.2) is 22.7 Å². The normalized spacial score (nSPS) is 11.9. The summed E-state index contributed by atoms with van der Waals surface area (Å²) in [6.45, 7) is 3.80. The highest BCUT2D eigenvalue weighted by Crippen LogP contribution is 2.18. The molecule has 0 aromatic heterocycles. The van der Waals surface area contributed by atoms with E-state index in [0.717, 1.165) is 5.56 Å². The van der Waals surface area contributed by atoms with Crippen molar-refractivity contribution in [1.29, 1.82) is 0 Å². The average Bonchev–Trinajstić information content (AvgIpc) is 2.27. The second kappa shape index (κ2) is 6.54. The summed E-state index contributed by atoms with van der Waals surface area (Å²) in [6.07, 6.45) is 1.12. The minimum Gasteiger partial charge on any atom is -0.480 e. The van der Waals surface area contributed by atoms with E-state index < -0.39 is 12.0 Å². The predicted molar refractivity (Wildman–Crippen MR) is 72.7 cm³/mol. The average molecular weight is 314 g/mol. The van der Waals surface area contributed by atoms with Crippen molar-refractivity contribution in [3.63, 3.8) is 0 Å². The number of halogens is 1. The zero-order valence-electron chi connectivity index (χ0n) is 10.4. The first-order chi connectivity index (χ1) is 8.45. The van der Waals surface area contributed by atoms with Gasteiger partial charge in [0.2, 0.25) is 0 Å². The Morgan fingerprint density at radius 3 is 2.61 bits per heavy atom. The Kier molecular flexibility index (Phi) is 5.34. The van der Waals surface area contributed by atoms with Crippen molar-refractivity contribution in [1.82, 2.24) is 5.32 Å². The molecule has 1 aromatic carbocycles. The van der Waals surface area contributed by atoms with Crippen LogP contribution in [-0.2, 0) is 4.79 Å². The van der Waals surface area contributed by atoms with Crippen molar-refractivity contribution < 1.29 is 14.7 Å². The van der Waals surface area contributed by atoms with E-state index in [0.29, 0.717) is 22.9 Å². The smallest absolute Gasteiger partial charge is 0.326 e. The van der Waals surface area contributed by atoms with E-state index in [2.05, 4.69) is 21.2 Å². The standard InChI is InChI=1S/C13H16BrNO3/c1-3-4-11(13(17)18)15-12(16)9-6-5-8(2)7-10(9)14/h5-7,11H,3-4H2,1-2H3,(H,15,16)(H,17,18)/t11-/m1/s1. The van der Waals surface area contributed by atoms with Gasteiger partial charge in [0.1, 0.15) is 6.04 Å². The Balaban J connectivity index is 2.83. The van der Waals surface area contributed by atoms with Crippen LogP contribution in [0.4, 0.5) is 0 Å². The number of benzene rings is 1. The van der Waals surface area contributed by atoms with E-state index in [1.165, 1.54) is 0 Å². The summed E-state index contributed by atoms with van der Waals surface area (Å²) in [4.78, 5) is 22.9. The molecule has 0 aliphatic carbocycles. The third-order valence-corrected chi connectivity index (χ3v) is 3.21. The van der Waals surface area contributed by atoms with Crippen molar-refractivity contribution in [2.75, 3.05) is 0 Å². The van der Waals surface area contributed by atoms with Crippen molar-refractivity contribution in [2.24, 2.45) is 0 Å². The molecule has 1 amide bonds. The van der Waals surface area contributed by atoms with E-state index in [-0.39, 0.29) is 5.91 Å². The minimum absolute atomic E-state index is 0.372. The van der Waals surface area contributed by atoms with E-state index in [1.54, 1.807) is 6.07 Å². The zero-order valence-corrected chi connectivity index (χ0v) is 12.0. The Morgan fingerprint density at radius 2 is 2.11 bits per heavy atom. The molecule has 0 bridgehead atoms. The first-order valence-corrected chi connectivity index (χ1v) is 6.54. The summed E-state index contributed by atoms with van der Waals surface area (Å²) < 4.78 is 0.667. The molecule has 0 fully saturated rings. The largest absolute Gasteiger partial charge is 0.480 e. The van der Waals surface area contributed by atoms with Crippen molar-refractivity contribution in [2.45, 2.75) is 32.7 Å². The molecule has 0 saturated heterocycles.